The molecule has 58 valence electrons. The van der Waals surface area contributed by atoms with Gasteiger partial charge in [0.25, 0.3) is 0 Å². The maximum absolute atomic E-state index is 2.50. The van der Waals surface area contributed by atoms with Gasteiger partial charge in [-0.1, -0.05) is 0 Å². The molecule has 2 bridgehead atoms. The fourth-order valence-electron chi connectivity index (χ4n) is 3.60. The number of fused-ring (bicyclic) bond motifs is 2. The normalized spacial score (nSPS) is 53.5. The van der Waals surface area contributed by atoms with Gasteiger partial charge in [-0.15, -0.1) is 0 Å². The Kier molecular flexibility index (Phi) is 1.56. The van der Waals surface area contributed by atoms with Crippen molar-refractivity contribution in [3.8, 4) is 0 Å². The summed E-state index contributed by atoms with van der Waals surface area (Å²) in [5, 5.41) is 0. The average Bonchev–Trinajstić information content (AvgIpc) is 2.20. The van der Waals surface area contributed by atoms with Crippen LogP contribution in [0.1, 0.15) is 40.0 Å². The van der Waals surface area contributed by atoms with Gasteiger partial charge in [-0.25, -0.2) is 0 Å². The minimum absolute atomic E-state index is 0.631. The molecule has 0 nitrogen and oxygen atoms in total. The van der Waals surface area contributed by atoms with Crippen molar-refractivity contribution in [2.75, 3.05) is 0 Å². The summed E-state index contributed by atoms with van der Waals surface area (Å²) in [7, 11) is 0. The summed E-state index contributed by atoms with van der Waals surface area (Å²) in [5.41, 5.74) is 1.30. The van der Waals surface area contributed by atoms with E-state index >= 15 is 0 Å². The van der Waals surface area contributed by atoms with E-state index in [1.54, 1.807) is 0 Å². The van der Waals surface area contributed by atoms with Crippen LogP contribution in [0.4, 0.5) is 0 Å². The van der Waals surface area contributed by atoms with Crippen LogP contribution in [0.15, 0.2) is 0 Å². The van der Waals surface area contributed by atoms with Crippen LogP contribution in [0.25, 0.3) is 0 Å². The van der Waals surface area contributed by atoms with Gasteiger partial charge in [-0.2, -0.15) is 0 Å². The summed E-state index contributed by atoms with van der Waals surface area (Å²) >= 11 is 2.45. The van der Waals surface area contributed by atoms with E-state index in [0.717, 1.165) is 10.5 Å². The quantitative estimate of drug-likeness (QED) is 0.458. The zero-order chi connectivity index (χ0) is 8.28. The number of hydrogen-bond donors (Lipinski definition) is 0. The van der Waals surface area contributed by atoms with E-state index in [4.69, 9.17) is 0 Å². The van der Waals surface area contributed by atoms with Crippen LogP contribution in [0, 0.1) is 16.7 Å². The second-order valence-corrected chi connectivity index (χ2v) is 5.51. The molecule has 2 aliphatic carbocycles. The van der Waals surface area contributed by atoms with Gasteiger partial charge in [0, 0.05) is 0 Å². The molecular weight excluding hydrogens is 127 g/mol. The Morgan fingerprint density at radius 1 is 1.27 bits per heavy atom. The molecule has 1 heteroatoms. The Morgan fingerprint density at radius 2 is 1.91 bits per heavy atom. The Balaban J connectivity index is 2.40. The Bertz CT molecular complexity index is 185. The molecule has 0 saturated heterocycles. The van der Waals surface area contributed by atoms with Crippen LogP contribution in [0.5, 0.6) is 0 Å². The first-order valence-electron chi connectivity index (χ1n) is 4.98. The number of hydrogen-bond acceptors (Lipinski definition) is 0. The van der Waals surface area contributed by atoms with Gasteiger partial charge >= 0.3 is 79.1 Å². The molecule has 3 unspecified atom stereocenters. The molecule has 2 saturated carbocycles. The SMILES string of the molecule is [Li][CH]1CC2CCC1(C)C2(C)C. The van der Waals surface area contributed by atoms with Crippen LogP contribution < -0.4 is 0 Å². The van der Waals surface area contributed by atoms with Gasteiger partial charge in [0.2, 0.25) is 0 Å². The van der Waals surface area contributed by atoms with Crippen molar-refractivity contribution in [2.45, 2.75) is 44.6 Å². The third-order valence-electron chi connectivity index (χ3n) is 5.23. The van der Waals surface area contributed by atoms with E-state index in [9.17, 15) is 0 Å². The molecule has 3 atom stereocenters. The van der Waals surface area contributed by atoms with Crippen molar-refractivity contribution in [1.29, 1.82) is 0 Å². The van der Waals surface area contributed by atoms with Gasteiger partial charge in [-0.05, 0) is 0 Å². The monoisotopic (exact) mass is 144 g/mol. The minimum atomic E-state index is 0.631. The van der Waals surface area contributed by atoms with E-state index in [1.165, 1.54) is 19.3 Å². The first-order valence-corrected chi connectivity index (χ1v) is 4.98. The summed E-state index contributed by atoms with van der Waals surface area (Å²) in [6.07, 6.45) is 4.46. The second kappa shape index (κ2) is 2.09. The van der Waals surface area contributed by atoms with Crippen molar-refractivity contribution >= 4 is 17.7 Å². The molecule has 0 aromatic rings. The van der Waals surface area contributed by atoms with Crippen molar-refractivity contribution in [2.24, 2.45) is 16.7 Å². The molecule has 2 aliphatic rings. The summed E-state index contributed by atoms with van der Waals surface area (Å²) in [4.78, 5) is 0. The van der Waals surface area contributed by atoms with Crippen molar-refractivity contribution in [3.63, 3.8) is 0 Å². The summed E-state index contributed by atoms with van der Waals surface area (Å²) < 4.78 is 0.969. The van der Waals surface area contributed by atoms with Crippen LogP contribution in [0.2, 0.25) is 4.59 Å². The van der Waals surface area contributed by atoms with Crippen LogP contribution in [0.3, 0.4) is 0 Å². The predicted octanol–water partition coefficient (Wildman–Crippen LogP) is 2.79. The average molecular weight is 144 g/mol. The third-order valence-corrected chi connectivity index (χ3v) is 5.23. The number of rotatable bonds is 0. The molecule has 0 N–H and O–H groups in total. The summed E-state index contributed by atoms with van der Waals surface area (Å²) in [6, 6.07) is 0. The van der Waals surface area contributed by atoms with Gasteiger partial charge in [0.05, 0.1) is 0 Å². The molecule has 0 heterocycles. The first kappa shape index (κ1) is 8.21. The van der Waals surface area contributed by atoms with Crippen LogP contribution in [-0.4, -0.2) is 17.7 Å². The fourth-order valence-corrected chi connectivity index (χ4v) is 3.60. The molecule has 0 radical (unpaired) electrons. The predicted molar refractivity (Wildman–Crippen MR) is 48.7 cm³/mol. The second-order valence-electron chi connectivity index (χ2n) is 5.51. The molecule has 2 fully saturated rings. The molecule has 2 rings (SSSR count). The molecule has 11 heavy (non-hydrogen) atoms. The maximum atomic E-state index is 2.50. The third kappa shape index (κ3) is 0.785. The molecule has 0 spiro atoms. The van der Waals surface area contributed by atoms with E-state index in [0.29, 0.717) is 10.8 Å². The zero-order valence-electron chi connectivity index (χ0n) is 8.28. The molecule has 0 aromatic carbocycles. The molecule has 0 aromatic heterocycles. The van der Waals surface area contributed by atoms with Crippen LogP contribution >= 0.6 is 0 Å². The van der Waals surface area contributed by atoms with E-state index in [2.05, 4.69) is 38.5 Å². The van der Waals surface area contributed by atoms with Gasteiger partial charge < -0.3 is 0 Å². The van der Waals surface area contributed by atoms with Gasteiger partial charge in [0.15, 0.2) is 0 Å². The van der Waals surface area contributed by atoms with Crippen molar-refractivity contribution in [3.05, 3.63) is 0 Å². The molecular formula is C10H17Li. The molecule has 0 amide bonds. The van der Waals surface area contributed by atoms with Crippen molar-refractivity contribution < 1.29 is 0 Å². The molecule has 0 aliphatic heterocycles. The first-order chi connectivity index (χ1) is 4.98. The van der Waals surface area contributed by atoms with Crippen LogP contribution in [-0.2, 0) is 0 Å². The van der Waals surface area contributed by atoms with Crippen molar-refractivity contribution in [1.82, 2.24) is 0 Å². The zero-order valence-corrected chi connectivity index (χ0v) is 8.28. The van der Waals surface area contributed by atoms with E-state index < -0.39 is 0 Å². The summed E-state index contributed by atoms with van der Waals surface area (Å²) in [5.74, 6) is 1.03. The van der Waals surface area contributed by atoms with E-state index in [-0.39, 0.29) is 0 Å². The standard InChI is InChI=1S/C10H17.Li/c1-9(2)8-4-6-10(9,3)7-5-8;/h6,8H,4-5,7H2,1-3H3;. The Morgan fingerprint density at radius 3 is 2.09 bits per heavy atom. The van der Waals surface area contributed by atoms with Gasteiger partial charge in [0.1, 0.15) is 0 Å². The Labute approximate surface area is 79.3 Å². The summed E-state index contributed by atoms with van der Waals surface area (Å²) in [6.45, 7) is 7.47. The van der Waals surface area contributed by atoms with Gasteiger partial charge in [-0.3, -0.25) is 0 Å². The topological polar surface area (TPSA) is 0 Å². The van der Waals surface area contributed by atoms with E-state index in [1.807, 2.05) is 0 Å². The Hall–Kier alpha value is 0.597. The fraction of sp³-hybridized carbons (Fsp3) is 1.00.